The standard InChI is InChI=1S/C20H23BrO3/c1-3-6-16-7-12-19(20(15-16)22-2)24-14-5-4-13-23-18-10-8-17(21)9-11-18/h3,6-12,15H,4-5,13-14H2,1-2H3/b6-3+. The Morgan fingerprint density at radius 2 is 1.62 bits per heavy atom. The van der Waals surface area contributed by atoms with Gasteiger partial charge in [-0.25, -0.2) is 0 Å². The summed E-state index contributed by atoms with van der Waals surface area (Å²) in [5, 5.41) is 0. The highest BCUT2D eigenvalue weighted by molar-refractivity contribution is 9.10. The molecule has 0 aromatic heterocycles. The van der Waals surface area contributed by atoms with Crippen LogP contribution in [0.1, 0.15) is 25.3 Å². The van der Waals surface area contributed by atoms with Gasteiger partial charge in [-0.1, -0.05) is 34.1 Å². The second kappa shape index (κ2) is 10.0. The van der Waals surface area contributed by atoms with Crippen molar-refractivity contribution >= 4 is 22.0 Å². The Morgan fingerprint density at radius 3 is 2.29 bits per heavy atom. The van der Waals surface area contributed by atoms with E-state index >= 15 is 0 Å². The van der Waals surface area contributed by atoms with Crippen LogP contribution in [0.3, 0.4) is 0 Å². The predicted octanol–water partition coefficient (Wildman–Crippen LogP) is 5.73. The second-order valence-corrected chi connectivity index (χ2v) is 6.18. The smallest absolute Gasteiger partial charge is 0.161 e. The van der Waals surface area contributed by atoms with Gasteiger partial charge in [0.15, 0.2) is 11.5 Å². The molecular weight excluding hydrogens is 368 g/mol. The van der Waals surface area contributed by atoms with Crippen LogP contribution in [0.25, 0.3) is 6.08 Å². The number of hydrogen-bond acceptors (Lipinski definition) is 3. The molecule has 2 aromatic carbocycles. The van der Waals surface area contributed by atoms with E-state index in [2.05, 4.69) is 15.9 Å². The zero-order valence-electron chi connectivity index (χ0n) is 14.1. The van der Waals surface area contributed by atoms with Crippen LogP contribution in [0.2, 0.25) is 0 Å². The first-order valence-electron chi connectivity index (χ1n) is 8.05. The first kappa shape index (κ1) is 18.4. The molecule has 0 N–H and O–H groups in total. The van der Waals surface area contributed by atoms with E-state index in [1.807, 2.05) is 61.5 Å². The Labute approximate surface area is 152 Å². The van der Waals surface area contributed by atoms with Crippen LogP contribution < -0.4 is 14.2 Å². The summed E-state index contributed by atoms with van der Waals surface area (Å²) in [7, 11) is 1.66. The lowest BCUT2D eigenvalue weighted by molar-refractivity contribution is 0.258. The highest BCUT2D eigenvalue weighted by Crippen LogP contribution is 2.28. The van der Waals surface area contributed by atoms with E-state index in [1.54, 1.807) is 7.11 Å². The Bertz CT molecular complexity index is 650. The van der Waals surface area contributed by atoms with Gasteiger partial charge in [0.05, 0.1) is 20.3 Å². The molecule has 3 nitrogen and oxygen atoms in total. The molecule has 0 atom stereocenters. The molecule has 0 heterocycles. The summed E-state index contributed by atoms with van der Waals surface area (Å²) in [6.07, 6.45) is 5.90. The van der Waals surface area contributed by atoms with Crippen LogP contribution in [0, 0.1) is 0 Å². The molecule has 2 aromatic rings. The number of benzene rings is 2. The van der Waals surface area contributed by atoms with Gasteiger partial charge in [0, 0.05) is 4.47 Å². The Hall–Kier alpha value is -1.94. The van der Waals surface area contributed by atoms with E-state index in [0.717, 1.165) is 40.1 Å². The van der Waals surface area contributed by atoms with E-state index in [1.165, 1.54) is 0 Å². The average Bonchev–Trinajstić information content (AvgIpc) is 2.60. The molecular formula is C20H23BrO3. The Morgan fingerprint density at radius 1 is 0.917 bits per heavy atom. The number of unbranched alkanes of at least 4 members (excludes halogenated alkanes) is 1. The van der Waals surface area contributed by atoms with Crippen molar-refractivity contribution in [1.82, 2.24) is 0 Å². The maximum atomic E-state index is 5.82. The van der Waals surface area contributed by atoms with Gasteiger partial charge in [-0.05, 0) is 61.7 Å². The third-order valence-electron chi connectivity index (χ3n) is 3.43. The predicted molar refractivity (Wildman–Crippen MR) is 102 cm³/mol. The second-order valence-electron chi connectivity index (χ2n) is 5.27. The average molecular weight is 391 g/mol. The fraction of sp³-hybridized carbons (Fsp3) is 0.300. The van der Waals surface area contributed by atoms with Crippen molar-refractivity contribution in [3.8, 4) is 17.2 Å². The third kappa shape index (κ3) is 5.93. The van der Waals surface area contributed by atoms with Gasteiger partial charge < -0.3 is 14.2 Å². The summed E-state index contributed by atoms with van der Waals surface area (Å²) in [6.45, 7) is 3.32. The van der Waals surface area contributed by atoms with Crippen molar-refractivity contribution in [1.29, 1.82) is 0 Å². The fourth-order valence-electron chi connectivity index (χ4n) is 2.21. The minimum atomic E-state index is 0.642. The molecule has 0 radical (unpaired) electrons. The van der Waals surface area contributed by atoms with Gasteiger partial charge in [0.2, 0.25) is 0 Å². The van der Waals surface area contributed by atoms with Gasteiger partial charge in [0.1, 0.15) is 5.75 Å². The molecule has 0 aliphatic rings. The van der Waals surface area contributed by atoms with Crippen molar-refractivity contribution in [2.45, 2.75) is 19.8 Å². The van der Waals surface area contributed by atoms with Crippen LogP contribution in [-0.2, 0) is 0 Å². The largest absolute Gasteiger partial charge is 0.494 e. The zero-order chi connectivity index (χ0) is 17.2. The summed E-state index contributed by atoms with van der Waals surface area (Å²) in [4.78, 5) is 0. The first-order valence-corrected chi connectivity index (χ1v) is 8.84. The lowest BCUT2D eigenvalue weighted by atomic mass is 10.2. The van der Waals surface area contributed by atoms with Gasteiger partial charge >= 0.3 is 0 Å². The summed E-state index contributed by atoms with van der Waals surface area (Å²) in [6, 6.07) is 13.8. The summed E-state index contributed by atoms with van der Waals surface area (Å²) >= 11 is 3.41. The van der Waals surface area contributed by atoms with Crippen molar-refractivity contribution in [3.63, 3.8) is 0 Å². The fourth-order valence-corrected chi connectivity index (χ4v) is 2.47. The quantitative estimate of drug-likeness (QED) is 0.511. The molecule has 0 saturated heterocycles. The normalized spacial score (nSPS) is 10.8. The van der Waals surface area contributed by atoms with E-state index in [0.29, 0.717) is 13.2 Å². The molecule has 0 aliphatic carbocycles. The van der Waals surface area contributed by atoms with Crippen LogP contribution in [-0.4, -0.2) is 20.3 Å². The lowest BCUT2D eigenvalue weighted by Crippen LogP contribution is -2.03. The Balaban J connectivity index is 1.71. The molecule has 0 bridgehead atoms. The topological polar surface area (TPSA) is 27.7 Å². The van der Waals surface area contributed by atoms with Crippen LogP contribution in [0.5, 0.6) is 17.2 Å². The van der Waals surface area contributed by atoms with Crippen molar-refractivity contribution < 1.29 is 14.2 Å². The molecule has 4 heteroatoms. The number of ether oxygens (including phenoxy) is 3. The molecule has 0 amide bonds. The van der Waals surface area contributed by atoms with E-state index in [-0.39, 0.29) is 0 Å². The molecule has 0 fully saturated rings. The highest BCUT2D eigenvalue weighted by Gasteiger charge is 2.04. The van der Waals surface area contributed by atoms with Crippen LogP contribution >= 0.6 is 15.9 Å². The van der Waals surface area contributed by atoms with E-state index in [4.69, 9.17) is 14.2 Å². The third-order valence-corrected chi connectivity index (χ3v) is 3.95. The van der Waals surface area contributed by atoms with Crippen LogP contribution in [0.4, 0.5) is 0 Å². The van der Waals surface area contributed by atoms with Gasteiger partial charge in [-0.2, -0.15) is 0 Å². The SMILES string of the molecule is C/C=C/c1ccc(OCCCCOc2ccc(Br)cc2)c(OC)c1. The Kier molecular flexibility index (Phi) is 7.69. The molecule has 0 unspecified atom stereocenters. The maximum Gasteiger partial charge on any atom is 0.161 e. The van der Waals surface area contributed by atoms with Crippen molar-refractivity contribution in [2.75, 3.05) is 20.3 Å². The van der Waals surface area contributed by atoms with Gasteiger partial charge in [0.25, 0.3) is 0 Å². The van der Waals surface area contributed by atoms with Gasteiger partial charge in [-0.3, -0.25) is 0 Å². The molecule has 2 rings (SSSR count). The van der Waals surface area contributed by atoms with Crippen LogP contribution in [0.15, 0.2) is 53.0 Å². The van der Waals surface area contributed by atoms with Crippen molar-refractivity contribution in [2.24, 2.45) is 0 Å². The number of allylic oxidation sites excluding steroid dienone is 1. The number of halogens is 1. The highest BCUT2D eigenvalue weighted by atomic mass is 79.9. The summed E-state index contributed by atoms with van der Waals surface area (Å²) in [5.74, 6) is 2.43. The molecule has 0 spiro atoms. The molecule has 24 heavy (non-hydrogen) atoms. The minimum absolute atomic E-state index is 0.642. The number of methoxy groups -OCH3 is 1. The lowest BCUT2D eigenvalue weighted by Gasteiger charge is -2.11. The monoisotopic (exact) mass is 390 g/mol. The molecule has 0 aliphatic heterocycles. The van der Waals surface area contributed by atoms with E-state index < -0.39 is 0 Å². The molecule has 0 saturated carbocycles. The van der Waals surface area contributed by atoms with Crippen molar-refractivity contribution in [3.05, 3.63) is 58.6 Å². The molecule has 128 valence electrons. The first-order chi connectivity index (χ1) is 11.7. The summed E-state index contributed by atoms with van der Waals surface area (Å²) < 4.78 is 18.0. The number of rotatable bonds is 9. The zero-order valence-corrected chi connectivity index (χ0v) is 15.7. The van der Waals surface area contributed by atoms with Gasteiger partial charge in [-0.15, -0.1) is 0 Å². The maximum absolute atomic E-state index is 5.82. The number of hydrogen-bond donors (Lipinski definition) is 0. The summed E-state index contributed by atoms with van der Waals surface area (Å²) in [5.41, 5.74) is 1.10. The minimum Gasteiger partial charge on any atom is -0.494 e. The van der Waals surface area contributed by atoms with E-state index in [9.17, 15) is 0 Å².